The molecule has 0 unspecified atom stereocenters. The van der Waals surface area contributed by atoms with Crippen LogP contribution in [0.1, 0.15) is 24.9 Å². The van der Waals surface area contributed by atoms with Gasteiger partial charge in [-0.25, -0.2) is 4.98 Å². The van der Waals surface area contributed by atoms with Crippen LogP contribution in [0.15, 0.2) is 72.9 Å². The highest BCUT2D eigenvalue weighted by Crippen LogP contribution is 2.37. The lowest BCUT2D eigenvalue weighted by Gasteiger charge is -2.16. The Morgan fingerprint density at radius 2 is 1.77 bits per heavy atom. The Hall–Kier alpha value is -5.12. The second-order valence-corrected chi connectivity index (χ2v) is 9.76. The first-order chi connectivity index (χ1) is 19.4. The summed E-state index contributed by atoms with van der Waals surface area (Å²) in [6.07, 6.45) is 2.51. The number of carbonyl (C=O) groups is 3. The molecule has 202 valence electrons. The number of aromatic amines is 1. The monoisotopic (exact) mass is 536 g/mol. The number of imidazole rings is 1. The summed E-state index contributed by atoms with van der Waals surface area (Å²) < 4.78 is 7.26. The summed E-state index contributed by atoms with van der Waals surface area (Å²) in [6, 6.07) is 19.6. The lowest BCUT2D eigenvalue weighted by Crippen LogP contribution is -2.33. The van der Waals surface area contributed by atoms with Gasteiger partial charge in [-0.15, -0.1) is 0 Å². The zero-order valence-corrected chi connectivity index (χ0v) is 22.1. The van der Waals surface area contributed by atoms with Gasteiger partial charge in [0.25, 0.3) is 5.91 Å². The van der Waals surface area contributed by atoms with Crippen LogP contribution < -0.4 is 20.3 Å². The van der Waals surface area contributed by atoms with Gasteiger partial charge in [0.15, 0.2) is 0 Å². The highest BCUT2D eigenvalue weighted by molar-refractivity contribution is 6.05. The van der Waals surface area contributed by atoms with Gasteiger partial charge in [0.1, 0.15) is 11.8 Å². The smallest absolute Gasteiger partial charge is 0.253 e. The van der Waals surface area contributed by atoms with Gasteiger partial charge in [-0.1, -0.05) is 12.1 Å². The second-order valence-electron chi connectivity index (χ2n) is 9.76. The van der Waals surface area contributed by atoms with Gasteiger partial charge < -0.3 is 20.4 Å². The summed E-state index contributed by atoms with van der Waals surface area (Å²) in [5.41, 5.74) is 4.85. The SMILES string of the molecule is COc1ccc2[nH]cc(CCN3C(=O)[C@@H](CC(=O)Nc4ccc(NC(C)=O)cc4)n4c3nc3ccccc34)c2c1. The maximum atomic E-state index is 13.7. The molecule has 0 saturated heterocycles. The normalized spacial score (nSPS) is 14.5. The largest absolute Gasteiger partial charge is 0.497 e. The number of H-pyrrole nitrogens is 1. The van der Waals surface area contributed by atoms with Crippen molar-refractivity contribution in [2.45, 2.75) is 25.8 Å². The molecule has 0 spiro atoms. The summed E-state index contributed by atoms with van der Waals surface area (Å²) in [6.45, 7) is 1.85. The zero-order valence-electron chi connectivity index (χ0n) is 22.1. The molecule has 1 aliphatic rings. The summed E-state index contributed by atoms with van der Waals surface area (Å²) >= 11 is 0. The number of methoxy groups -OCH3 is 1. The molecule has 5 aromatic rings. The Kier molecular flexibility index (Phi) is 6.43. The molecule has 0 fully saturated rings. The third-order valence-corrected chi connectivity index (χ3v) is 7.13. The third-order valence-electron chi connectivity index (χ3n) is 7.13. The topological polar surface area (TPSA) is 121 Å². The lowest BCUT2D eigenvalue weighted by molar-refractivity contribution is -0.124. The molecule has 6 rings (SSSR count). The third kappa shape index (κ3) is 4.64. The molecule has 1 atom stereocenters. The molecule has 3 aromatic carbocycles. The molecule has 0 saturated carbocycles. The fourth-order valence-electron chi connectivity index (χ4n) is 5.26. The number of fused-ring (bicyclic) bond motifs is 4. The van der Waals surface area contributed by atoms with Crippen LogP contribution in [0.3, 0.4) is 0 Å². The Balaban J connectivity index is 1.23. The number of nitrogens with one attached hydrogen (secondary N) is 3. The average Bonchev–Trinajstić information content (AvgIpc) is 3.60. The minimum Gasteiger partial charge on any atom is -0.497 e. The number of hydrogen-bond acceptors (Lipinski definition) is 5. The molecule has 10 nitrogen and oxygen atoms in total. The molecular formula is C30H28N6O4. The number of aromatic nitrogens is 3. The first-order valence-corrected chi connectivity index (χ1v) is 13.0. The van der Waals surface area contributed by atoms with Gasteiger partial charge in [0.2, 0.25) is 17.8 Å². The second kappa shape index (κ2) is 10.2. The fraction of sp³-hybridized carbons (Fsp3) is 0.200. The maximum Gasteiger partial charge on any atom is 0.253 e. The number of benzene rings is 3. The van der Waals surface area contributed by atoms with E-state index in [4.69, 9.17) is 9.72 Å². The Bertz CT molecular complexity index is 1750. The van der Waals surface area contributed by atoms with Crippen molar-refractivity contribution in [3.63, 3.8) is 0 Å². The molecule has 40 heavy (non-hydrogen) atoms. The Labute approximate surface area is 229 Å². The van der Waals surface area contributed by atoms with E-state index in [0.29, 0.717) is 30.3 Å². The van der Waals surface area contributed by atoms with Gasteiger partial charge in [-0.05, 0) is 66.6 Å². The summed E-state index contributed by atoms with van der Waals surface area (Å²) in [5, 5.41) is 6.61. The van der Waals surface area contributed by atoms with Crippen molar-refractivity contribution in [2.24, 2.45) is 0 Å². The van der Waals surface area contributed by atoms with E-state index in [1.54, 1.807) is 36.3 Å². The molecule has 2 aromatic heterocycles. The quantitative estimate of drug-likeness (QED) is 0.267. The summed E-state index contributed by atoms with van der Waals surface area (Å²) in [4.78, 5) is 47.8. The fourth-order valence-corrected chi connectivity index (χ4v) is 5.26. The molecular weight excluding hydrogens is 508 g/mol. The van der Waals surface area contributed by atoms with Gasteiger partial charge >= 0.3 is 0 Å². The first-order valence-electron chi connectivity index (χ1n) is 13.0. The first kappa shape index (κ1) is 25.2. The predicted octanol–water partition coefficient (Wildman–Crippen LogP) is 4.64. The van der Waals surface area contributed by atoms with Gasteiger partial charge in [-0.2, -0.15) is 0 Å². The van der Waals surface area contributed by atoms with Crippen LogP contribution in [0.25, 0.3) is 21.9 Å². The van der Waals surface area contributed by atoms with E-state index in [2.05, 4.69) is 15.6 Å². The van der Waals surface area contributed by atoms with E-state index in [0.717, 1.165) is 33.2 Å². The molecule has 0 aliphatic carbocycles. The number of para-hydroxylation sites is 2. The predicted molar refractivity (Wildman–Crippen MR) is 154 cm³/mol. The van der Waals surface area contributed by atoms with E-state index in [-0.39, 0.29) is 24.1 Å². The van der Waals surface area contributed by atoms with Crippen molar-refractivity contribution in [3.8, 4) is 5.75 Å². The molecule has 3 amide bonds. The average molecular weight is 537 g/mol. The minimum absolute atomic E-state index is 0.0413. The van der Waals surface area contributed by atoms with E-state index >= 15 is 0 Å². The van der Waals surface area contributed by atoms with Gasteiger partial charge in [-0.3, -0.25) is 23.9 Å². The Morgan fingerprint density at radius 1 is 1.02 bits per heavy atom. The molecule has 3 heterocycles. The number of nitrogens with zero attached hydrogens (tertiary/aromatic N) is 3. The highest BCUT2D eigenvalue weighted by atomic mass is 16.5. The molecule has 10 heteroatoms. The number of hydrogen-bond donors (Lipinski definition) is 3. The van der Waals surface area contributed by atoms with Crippen molar-refractivity contribution < 1.29 is 19.1 Å². The lowest BCUT2D eigenvalue weighted by atomic mass is 10.1. The zero-order chi connectivity index (χ0) is 27.8. The number of amides is 3. The van der Waals surface area contributed by atoms with Gasteiger partial charge in [0, 0.05) is 41.9 Å². The van der Waals surface area contributed by atoms with Crippen LogP contribution in [-0.2, 0) is 20.8 Å². The van der Waals surface area contributed by atoms with E-state index in [1.165, 1.54) is 6.92 Å². The summed E-state index contributed by atoms with van der Waals surface area (Å²) in [7, 11) is 1.64. The molecule has 0 bridgehead atoms. The van der Waals surface area contributed by atoms with Gasteiger partial charge in [0.05, 0.1) is 24.6 Å². The van der Waals surface area contributed by atoms with Crippen molar-refractivity contribution in [2.75, 3.05) is 29.2 Å². The molecule has 3 N–H and O–H groups in total. The number of ether oxygens (including phenoxy) is 1. The van der Waals surface area contributed by atoms with Crippen molar-refractivity contribution in [1.29, 1.82) is 0 Å². The van der Waals surface area contributed by atoms with Crippen molar-refractivity contribution >= 4 is 57.0 Å². The molecule has 0 radical (unpaired) electrons. The van der Waals surface area contributed by atoms with Crippen LogP contribution in [0.5, 0.6) is 5.75 Å². The van der Waals surface area contributed by atoms with Crippen LogP contribution in [-0.4, -0.2) is 45.9 Å². The Morgan fingerprint density at radius 3 is 2.52 bits per heavy atom. The summed E-state index contributed by atoms with van der Waals surface area (Å²) in [5.74, 6) is 0.680. The highest BCUT2D eigenvalue weighted by Gasteiger charge is 2.40. The van der Waals surface area contributed by atoms with Crippen LogP contribution in [0, 0.1) is 0 Å². The minimum atomic E-state index is -0.718. The van der Waals surface area contributed by atoms with E-state index in [9.17, 15) is 14.4 Å². The van der Waals surface area contributed by atoms with Crippen molar-refractivity contribution in [1.82, 2.24) is 14.5 Å². The van der Waals surface area contributed by atoms with Crippen LogP contribution in [0.4, 0.5) is 17.3 Å². The standard InChI is InChI=1S/C30H28N6O4/c1-18(37)32-20-7-9-21(10-8-20)33-28(38)16-27-29(39)35(30-34-25-5-3-4-6-26(25)36(27)30)14-13-19-17-31-24-12-11-22(40-2)15-23(19)24/h3-12,15,17,27,31H,13-14,16H2,1-2H3,(H,32,37)(H,33,38)/t27-/m1/s1. The number of carbonyl (C=O) groups excluding carboxylic acids is 3. The van der Waals surface area contributed by atoms with Crippen molar-refractivity contribution in [3.05, 3.63) is 78.5 Å². The van der Waals surface area contributed by atoms with E-state index in [1.807, 2.05) is 53.2 Å². The van der Waals surface area contributed by atoms with Crippen LogP contribution >= 0.6 is 0 Å². The van der Waals surface area contributed by atoms with Crippen LogP contribution in [0.2, 0.25) is 0 Å². The van der Waals surface area contributed by atoms with E-state index < -0.39 is 6.04 Å². The maximum absolute atomic E-state index is 13.7. The molecule has 1 aliphatic heterocycles. The number of anilines is 3. The number of rotatable bonds is 8.